The van der Waals surface area contributed by atoms with Crippen molar-refractivity contribution in [2.24, 2.45) is 5.92 Å². The first-order valence-electron chi connectivity index (χ1n) is 8.43. The largest absolute Gasteiger partial charge is 0.356 e. The van der Waals surface area contributed by atoms with Crippen LogP contribution < -0.4 is 10.2 Å². The molecule has 0 radical (unpaired) electrons. The summed E-state index contributed by atoms with van der Waals surface area (Å²) in [5.74, 6) is 1.60. The van der Waals surface area contributed by atoms with Gasteiger partial charge in [-0.05, 0) is 57.3 Å². The molecular formula is C17H28Cl2N4O. The Balaban J connectivity index is 0.00000144. The van der Waals surface area contributed by atoms with Crippen LogP contribution in [0.25, 0.3) is 0 Å². The molecule has 1 atom stereocenters. The van der Waals surface area contributed by atoms with E-state index >= 15 is 0 Å². The van der Waals surface area contributed by atoms with Crippen LogP contribution in [0.4, 0.5) is 5.82 Å². The number of carbonyl (C=O) groups is 1. The molecule has 0 spiro atoms. The summed E-state index contributed by atoms with van der Waals surface area (Å²) in [6, 6.07) is 3.81. The third-order valence-electron chi connectivity index (χ3n) is 4.74. The predicted molar refractivity (Wildman–Crippen MR) is 103 cm³/mol. The summed E-state index contributed by atoms with van der Waals surface area (Å²) in [7, 11) is 1.97. The molecular weight excluding hydrogens is 347 g/mol. The average Bonchev–Trinajstić information content (AvgIpc) is 3.04. The molecule has 2 aliphatic heterocycles. The smallest absolute Gasteiger partial charge is 0.257 e. The van der Waals surface area contributed by atoms with E-state index in [4.69, 9.17) is 0 Å². The maximum atomic E-state index is 12.9. The van der Waals surface area contributed by atoms with Gasteiger partial charge in [-0.3, -0.25) is 4.79 Å². The summed E-state index contributed by atoms with van der Waals surface area (Å²) in [4.78, 5) is 21.7. The summed E-state index contributed by atoms with van der Waals surface area (Å²) in [6.45, 7) is 4.72. The number of nitrogens with zero attached hydrogens (tertiary/aromatic N) is 3. The Morgan fingerprint density at radius 3 is 2.71 bits per heavy atom. The van der Waals surface area contributed by atoms with Crippen molar-refractivity contribution in [1.29, 1.82) is 0 Å². The molecule has 1 amide bonds. The fraction of sp³-hybridized carbons (Fsp3) is 0.647. The van der Waals surface area contributed by atoms with Gasteiger partial charge in [0.15, 0.2) is 0 Å². The summed E-state index contributed by atoms with van der Waals surface area (Å²) in [5, 5.41) is 3.21. The summed E-state index contributed by atoms with van der Waals surface area (Å²) >= 11 is 0. The second-order valence-electron chi connectivity index (χ2n) is 6.39. The zero-order chi connectivity index (χ0) is 15.4. The van der Waals surface area contributed by atoms with E-state index in [0.29, 0.717) is 5.92 Å². The van der Waals surface area contributed by atoms with Crippen LogP contribution in [-0.2, 0) is 0 Å². The molecule has 3 rings (SSSR count). The second-order valence-corrected chi connectivity index (χ2v) is 6.39. The maximum Gasteiger partial charge on any atom is 0.257 e. The minimum Gasteiger partial charge on any atom is -0.356 e. The van der Waals surface area contributed by atoms with Crippen LogP contribution in [0.15, 0.2) is 18.3 Å². The quantitative estimate of drug-likeness (QED) is 0.879. The number of anilines is 1. The normalized spacial score (nSPS) is 20.3. The number of amides is 1. The van der Waals surface area contributed by atoms with E-state index in [0.717, 1.165) is 50.5 Å². The molecule has 5 nitrogen and oxygen atoms in total. The molecule has 0 saturated carbocycles. The molecule has 2 saturated heterocycles. The van der Waals surface area contributed by atoms with Gasteiger partial charge in [-0.2, -0.15) is 0 Å². The zero-order valence-corrected chi connectivity index (χ0v) is 15.9. The van der Waals surface area contributed by atoms with Crippen LogP contribution in [0.2, 0.25) is 0 Å². The van der Waals surface area contributed by atoms with Gasteiger partial charge in [-0.1, -0.05) is 0 Å². The zero-order valence-electron chi connectivity index (χ0n) is 14.2. The Morgan fingerprint density at radius 1 is 1.25 bits per heavy atom. The SMILES string of the molecule is CNCC1CCN(C(=O)c2cccnc2N2CCCCC2)C1.Cl.Cl. The topological polar surface area (TPSA) is 48.5 Å². The predicted octanol–water partition coefficient (Wildman–Crippen LogP) is 2.60. The minimum atomic E-state index is 0. The maximum absolute atomic E-state index is 12.9. The molecule has 1 unspecified atom stereocenters. The van der Waals surface area contributed by atoms with E-state index in [1.807, 2.05) is 24.1 Å². The lowest BCUT2D eigenvalue weighted by molar-refractivity contribution is 0.0787. The molecule has 2 fully saturated rings. The van der Waals surface area contributed by atoms with E-state index in [-0.39, 0.29) is 30.7 Å². The fourth-order valence-corrected chi connectivity index (χ4v) is 3.56. The molecule has 0 aliphatic carbocycles. The highest BCUT2D eigenvalue weighted by atomic mass is 35.5. The van der Waals surface area contributed by atoms with Gasteiger partial charge in [0, 0.05) is 32.4 Å². The van der Waals surface area contributed by atoms with Crippen LogP contribution in [-0.4, -0.2) is 55.6 Å². The van der Waals surface area contributed by atoms with Crippen molar-refractivity contribution in [3.63, 3.8) is 0 Å². The molecule has 24 heavy (non-hydrogen) atoms. The first-order valence-corrected chi connectivity index (χ1v) is 8.43. The number of aromatic nitrogens is 1. The molecule has 2 aliphatic rings. The van der Waals surface area contributed by atoms with Gasteiger partial charge in [0.1, 0.15) is 5.82 Å². The van der Waals surface area contributed by atoms with Gasteiger partial charge in [-0.15, -0.1) is 24.8 Å². The number of likely N-dealkylation sites (tertiary alicyclic amines) is 1. The van der Waals surface area contributed by atoms with Crippen LogP contribution in [0.5, 0.6) is 0 Å². The number of carbonyl (C=O) groups excluding carboxylic acids is 1. The number of nitrogens with one attached hydrogen (secondary N) is 1. The van der Waals surface area contributed by atoms with Crippen molar-refractivity contribution in [2.45, 2.75) is 25.7 Å². The molecule has 3 heterocycles. The summed E-state index contributed by atoms with van der Waals surface area (Å²) in [5.41, 5.74) is 0.773. The molecule has 7 heteroatoms. The standard InChI is InChI=1S/C17H26N4O.2ClH/c1-18-12-14-7-11-21(13-14)17(22)15-6-5-8-19-16(15)20-9-3-2-4-10-20;;/h5-6,8,14,18H,2-4,7,9-13H2,1H3;2*1H. The Hall–Kier alpha value is -1.04. The number of hydrogen-bond donors (Lipinski definition) is 1. The molecule has 1 aromatic heterocycles. The van der Waals surface area contributed by atoms with Crippen molar-refractivity contribution in [1.82, 2.24) is 15.2 Å². The van der Waals surface area contributed by atoms with Gasteiger partial charge in [0.25, 0.3) is 5.91 Å². The number of piperidine rings is 1. The van der Waals surface area contributed by atoms with E-state index in [1.165, 1.54) is 19.3 Å². The van der Waals surface area contributed by atoms with Crippen LogP contribution in [0.1, 0.15) is 36.0 Å². The van der Waals surface area contributed by atoms with E-state index in [1.54, 1.807) is 6.20 Å². The van der Waals surface area contributed by atoms with Crippen LogP contribution in [0.3, 0.4) is 0 Å². The Labute approximate surface area is 157 Å². The van der Waals surface area contributed by atoms with E-state index in [2.05, 4.69) is 15.2 Å². The van der Waals surface area contributed by atoms with Crippen molar-refractivity contribution in [3.8, 4) is 0 Å². The summed E-state index contributed by atoms with van der Waals surface area (Å²) < 4.78 is 0. The van der Waals surface area contributed by atoms with Crippen LogP contribution >= 0.6 is 24.8 Å². The molecule has 136 valence electrons. The molecule has 1 aromatic rings. The Kier molecular flexibility index (Phi) is 8.81. The van der Waals surface area contributed by atoms with Crippen molar-refractivity contribution in [3.05, 3.63) is 23.9 Å². The monoisotopic (exact) mass is 374 g/mol. The highest BCUT2D eigenvalue weighted by molar-refractivity contribution is 5.99. The third kappa shape index (κ3) is 4.74. The van der Waals surface area contributed by atoms with Gasteiger partial charge in [0.2, 0.25) is 0 Å². The molecule has 0 aromatic carbocycles. The Bertz CT molecular complexity index is 523. The van der Waals surface area contributed by atoms with Crippen molar-refractivity contribution in [2.75, 3.05) is 44.7 Å². The van der Waals surface area contributed by atoms with Crippen molar-refractivity contribution >= 4 is 36.5 Å². The van der Waals surface area contributed by atoms with Gasteiger partial charge >= 0.3 is 0 Å². The summed E-state index contributed by atoms with van der Waals surface area (Å²) in [6.07, 6.45) is 6.56. The number of hydrogen-bond acceptors (Lipinski definition) is 4. The lowest BCUT2D eigenvalue weighted by atomic mass is 10.1. The lowest BCUT2D eigenvalue weighted by Gasteiger charge is -2.29. The first kappa shape index (κ1) is 21.0. The third-order valence-corrected chi connectivity index (χ3v) is 4.74. The van der Waals surface area contributed by atoms with Gasteiger partial charge < -0.3 is 15.1 Å². The first-order chi connectivity index (χ1) is 10.8. The molecule has 1 N–H and O–H groups in total. The van der Waals surface area contributed by atoms with E-state index < -0.39 is 0 Å². The number of pyridine rings is 1. The lowest BCUT2D eigenvalue weighted by Crippen LogP contribution is -2.35. The minimum absolute atomic E-state index is 0. The number of rotatable bonds is 4. The van der Waals surface area contributed by atoms with Gasteiger partial charge in [0.05, 0.1) is 5.56 Å². The van der Waals surface area contributed by atoms with Gasteiger partial charge in [-0.25, -0.2) is 4.98 Å². The second kappa shape index (κ2) is 10.1. The van der Waals surface area contributed by atoms with Crippen molar-refractivity contribution < 1.29 is 4.79 Å². The number of halogens is 2. The highest BCUT2D eigenvalue weighted by Gasteiger charge is 2.29. The highest BCUT2D eigenvalue weighted by Crippen LogP contribution is 2.25. The average molecular weight is 375 g/mol. The Morgan fingerprint density at radius 2 is 2.00 bits per heavy atom. The van der Waals surface area contributed by atoms with E-state index in [9.17, 15) is 4.79 Å². The van der Waals surface area contributed by atoms with Crippen LogP contribution in [0, 0.1) is 5.92 Å². The fourth-order valence-electron chi connectivity index (χ4n) is 3.56. The molecule has 0 bridgehead atoms.